The van der Waals surface area contributed by atoms with Gasteiger partial charge in [-0.3, -0.25) is 10.4 Å². The Morgan fingerprint density at radius 1 is 1.21 bits per heavy atom. The quantitative estimate of drug-likeness (QED) is 0.466. The molecule has 11 heteroatoms. The lowest BCUT2D eigenvalue weighted by molar-refractivity contribution is 0.271. The van der Waals surface area contributed by atoms with Gasteiger partial charge >= 0.3 is 5.69 Å². The van der Waals surface area contributed by atoms with Crippen molar-refractivity contribution in [3.05, 3.63) is 33.2 Å². The topological polar surface area (TPSA) is 140 Å². The summed E-state index contributed by atoms with van der Waals surface area (Å²) in [6.07, 6.45) is 8.86. The summed E-state index contributed by atoms with van der Waals surface area (Å²) in [5.41, 5.74) is 4.12. The van der Waals surface area contributed by atoms with E-state index in [0.717, 1.165) is 38.8 Å². The minimum atomic E-state index is -0.480. The molecule has 0 spiro atoms. The van der Waals surface area contributed by atoms with Crippen molar-refractivity contribution in [2.45, 2.75) is 38.1 Å². The van der Waals surface area contributed by atoms with Gasteiger partial charge in [0, 0.05) is 18.3 Å². The van der Waals surface area contributed by atoms with Crippen LogP contribution in [0, 0.1) is 0 Å². The summed E-state index contributed by atoms with van der Waals surface area (Å²) in [7, 11) is 0. The van der Waals surface area contributed by atoms with E-state index in [1.54, 1.807) is 16.8 Å². The van der Waals surface area contributed by atoms with Gasteiger partial charge in [0.05, 0.1) is 12.2 Å². The number of anilines is 1. The summed E-state index contributed by atoms with van der Waals surface area (Å²) >= 11 is 0. The molecular weight excluding hydrogens is 362 g/mol. The van der Waals surface area contributed by atoms with Gasteiger partial charge in [-0.25, -0.2) is 14.8 Å². The van der Waals surface area contributed by atoms with Crippen LogP contribution in [0.15, 0.2) is 16.0 Å². The van der Waals surface area contributed by atoms with E-state index in [1.165, 1.54) is 6.42 Å². The van der Waals surface area contributed by atoms with Gasteiger partial charge in [0.2, 0.25) is 11.8 Å². The molecule has 1 aliphatic carbocycles. The third kappa shape index (κ3) is 3.36. The fourth-order valence-corrected chi connectivity index (χ4v) is 3.28. The maximum atomic E-state index is 11.4. The number of H-pyrrole nitrogens is 2. The zero-order valence-electron chi connectivity index (χ0n) is 15.2. The largest absolute Gasteiger partial charge is 0.493 e. The smallest absolute Gasteiger partial charge is 0.326 e. The number of rotatable bonds is 4. The number of nitrogens with one attached hydrogen (secondary N) is 3. The van der Waals surface area contributed by atoms with Crippen molar-refractivity contribution in [2.75, 3.05) is 18.5 Å². The maximum absolute atomic E-state index is 11.4. The average Bonchev–Trinajstić information content (AvgIpc) is 3.32. The van der Waals surface area contributed by atoms with Gasteiger partial charge in [-0.15, -0.1) is 0 Å². The SMILES string of the molecule is O=c1[nH]c(O)c(C=c2cnn3c(=NC4CC4)nc(NN4CCCCC4)nc23)[nH]1. The molecule has 4 N–H and O–H groups in total. The van der Waals surface area contributed by atoms with Gasteiger partial charge in [0.25, 0.3) is 5.62 Å². The maximum Gasteiger partial charge on any atom is 0.326 e. The first-order valence-corrected chi connectivity index (χ1v) is 9.50. The Balaban J connectivity index is 1.63. The second-order valence-corrected chi connectivity index (χ2v) is 7.19. The molecule has 0 unspecified atom stereocenters. The molecular formula is C17H21N9O2. The molecule has 2 fully saturated rings. The number of aromatic amines is 2. The molecule has 3 aromatic heterocycles. The summed E-state index contributed by atoms with van der Waals surface area (Å²) in [6, 6.07) is 0.280. The molecule has 4 heterocycles. The van der Waals surface area contributed by atoms with Crippen LogP contribution in [0.3, 0.4) is 0 Å². The molecule has 0 bridgehead atoms. The van der Waals surface area contributed by atoms with Crippen molar-refractivity contribution in [1.82, 2.24) is 34.6 Å². The zero-order chi connectivity index (χ0) is 19.1. The summed E-state index contributed by atoms with van der Waals surface area (Å²) in [5, 5.41) is 17.0. The Kier molecular flexibility index (Phi) is 4.08. The number of aromatic nitrogens is 6. The van der Waals surface area contributed by atoms with Gasteiger partial charge in [-0.05, 0) is 31.8 Å². The van der Waals surface area contributed by atoms with Crippen molar-refractivity contribution in [2.24, 2.45) is 4.99 Å². The Labute approximate surface area is 158 Å². The van der Waals surface area contributed by atoms with Crippen LogP contribution in [0.5, 0.6) is 5.88 Å². The molecule has 2 aliphatic rings. The second-order valence-electron chi connectivity index (χ2n) is 7.19. The molecule has 146 valence electrons. The highest BCUT2D eigenvalue weighted by Crippen LogP contribution is 2.22. The lowest BCUT2D eigenvalue weighted by Gasteiger charge is -2.26. The number of hydrogen-bond acceptors (Lipinski definition) is 8. The van der Waals surface area contributed by atoms with Crippen molar-refractivity contribution in [1.29, 1.82) is 0 Å². The number of hydrazine groups is 1. The van der Waals surface area contributed by atoms with E-state index in [-0.39, 0.29) is 17.6 Å². The van der Waals surface area contributed by atoms with Gasteiger partial charge in [-0.1, -0.05) is 6.42 Å². The number of hydrogen-bond donors (Lipinski definition) is 4. The second kappa shape index (κ2) is 6.75. The monoisotopic (exact) mass is 383 g/mol. The fourth-order valence-electron chi connectivity index (χ4n) is 3.28. The molecule has 1 saturated heterocycles. The number of nitrogens with zero attached hydrogens (tertiary/aromatic N) is 6. The first-order chi connectivity index (χ1) is 13.7. The van der Waals surface area contributed by atoms with Crippen LogP contribution in [0.2, 0.25) is 0 Å². The molecule has 1 aliphatic heterocycles. The van der Waals surface area contributed by atoms with Gasteiger partial charge in [-0.2, -0.15) is 19.6 Å². The molecule has 0 atom stereocenters. The predicted molar refractivity (Wildman–Crippen MR) is 100 cm³/mol. The summed E-state index contributed by atoms with van der Waals surface area (Å²) < 4.78 is 1.59. The first-order valence-electron chi connectivity index (χ1n) is 9.50. The third-order valence-corrected chi connectivity index (χ3v) is 4.87. The average molecular weight is 383 g/mol. The molecule has 3 aromatic rings. The van der Waals surface area contributed by atoms with Gasteiger partial charge < -0.3 is 10.1 Å². The predicted octanol–water partition coefficient (Wildman–Crippen LogP) is -0.730. The van der Waals surface area contributed by atoms with E-state index in [2.05, 4.69) is 40.5 Å². The minimum absolute atomic E-state index is 0.229. The van der Waals surface area contributed by atoms with E-state index in [4.69, 9.17) is 0 Å². The van der Waals surface area contributed by atoms with Crippen LogP contribution in [0.1, 0.15) is 37.8 Å². The third-order valence-electron chi connectivity index (χ3n) is 4.87. The van der Waals surface area contributed by atoms with E-state index in [0.29, 0.717) is 22.4 Å². The van der Waals surface area contributed by atoms with Crippen LogP contribution >= 0.6 is 0 Å². The molecule has 28 heavy (non-hydrogen) atoms. The molecule has 0 radical (unpaired) electrons. The Hall–Kier alpha value is -3.21. The number of aromatic hydroxyl groups is 1. The number of imidazole rings is 1. The Bertz CT molecular complexity index is 1180. The normalized spacial score (nSPS) is 19.6. The van der Waals surface area contributed by atoms with Crippen molar-refractivity contribution in [3.63, 3.8) is 0 Å². The molecule has 1 saturated carbocycles. The molecule has 11 nitrogen and oxygen atoms in total. The minimum Gasteiger partial charge on any atom is -0.493 e. The first kappa shape index (κ1) is 16.9. The van der Waals surface area contributed by atoms with Crippen LogP contribution in [0.25, 0.3) is 11.7 Å². The van der Waals surface area contributed by atoms with Crippen molar-refractivity contribution >= 4 is 17.7 Å². The van der Waals surface area contributed by atoms with E-state index < -0.39 is 5.69 Å². The summed E-state index contributed by atoms with van der Waals surface area (Å²) in [4.78, 5) is 30.1. The fraction of sp³-hybridized carbons (Fsp3) is 0.471. The molecule has 5 rings (SSSR count). The number of piperidine rings is 1. The Morgan fingerprint density at radius 3 is 2.75 bits per heavy atom. The standard InChI is InChI=1S/C17H21N9O2/c27-14-12(20-17(28)22-14)8-10-9-18-26-13(10)21-15(23-16(26)19-11-4-5-11)24-25-6-2-1-3-7-25/h8-9,11,27H,1-7H2,(H,19,23,24)(H2,20,22,28). The summed E-state index contributed by atoms with van der Waals surface area (Å²) in [5.74, 6) is 0.240. The van der Waals surface area contributed by atoms with Crippen LogP contribution < -0.4 is 22.0 Å². The van der Waals surface area contributed by atoms with E-state index in [9.17, 15) is 9.90 Å². The summed E-state index contributed by atoms with van der Waals surface area (Å²) in [6.45, 7) is 1.89. The lowest BCUT2D eigenvalue weighted by atomic mass is 10.2. The highest BCUT2D eigenvalue weighted by Gasteiger charge is 2.21. The van der Waals surface area contributed by atoms with Crippen LogP contribution in [-0.4, -0.2) is 58.8 Å². The highest BCUT2D eigenvalue weighted by molar-refractivity contribution is 5.57. The van der Waals surface area contributed by atoms with Crippen molar-refractivity contribution < 1.29 is 5.11 Å². The van der Waals surface area contributed by atoms with E-state index >= 15 is 0 Å². The lowest BCUT2D eigenvalue weighted by Crippen LogP contribution is -2.37. The zero-order valence-corrected chi connectivity index (χ0v) is 15.2. The van der Waals surface area contributed by atoms with E-state index in [1.807, 2.05) is 0 Å². The van der Waals surface area contributed by atoms with Gasteiger partial charge in [0.1, 0.15) is 5.69 Å². The Morgan fingerprint density at radius 2 is 2.04 bits per heavy atom. The van der Waals surface area contributed by atoms with Crippen LogP contribution in [0.4, 0.5) is 5.95 Å². The molecule has 0 aromatic carbocycles. The molecule has 0 amide bonds. The highest BCUT2D eigenvalue weighted by atomic mass is 16.3. The van der Waals surface area contributed by atoms with Crippen molar-refractivity contribution in [3.8, 4) is 5.88 Å². The number of fused-ring (bicyclic) bond motifs is 1. The van der Waals surface area contributed by atoms with Crippen LogP contribution in [-0.2, 0) is 0 Å². The van der Waals surface area contributed by atoms with Gasteiger partial charge in [0.15, 0.2) is 5.65 Å².